The lowest BCUT2D eigenvalue weighted by Crippen LogP contribution is -2.32. The van der Waals surface area contributed by atoms with E-state index >= 15 is 0 Å². The van der Waals surface area contributed by atoms with Crippen LogP contribution in [0.5, 0.6) is 0 Å². The van der Waals surface area contributed by atoms with Crippen molar-refractivity contribution in [2.45, 2.75) is 38.4 Å². The van der Waals surface area contributed by atoms with Gasteiger partial charge in [0.1, 0.15) is 5.82 Å². The summed E-state index contributed by atoms with van der Waals surface area (Å²) < 4.78 is 5.69. The first-order valence-corrected chi connectivity index (χ1v) is 10.2. The van der Waals surface area contributed by atoms with Crippen molar-refractivity contribution in [1.82, 2.24) is 30.3 Å². The molecule has 0 aliphatic carbocycles. The molecule has 0 fully saturated rings. The van der Waals surface area contributed by atoms with Crippen molar-refractivity contribution in [3.05, 3.63) is 29.2 Å². The summed E-state index contributed by atoms with van der Waals surface area (Å²) in [6.45, 7) is 4.96. The Balaban J connectivity index is 1.59. The number of aromatic amines is 1. The molecule has 138 valence electrons. The molecule has 0 bridgehead atoms. The van der Waals surface area contributed by atoms with Crippen molar-refractivity contribution < 1.29 is 9.21 Å². The molecular formula is C16H20N6O2S2. The SMILES string of the molecule is CCCN(Cc1nnc(-c2cccs2)o1)C(=O)CSc1n[nH]c(CC)n1. The molecule has 0 radical (unpaired) electrons. The van der Waals surface area contributed by atoms with Gasteiger partial charge in [0.25, 0.3) is 5.89 Å². The highest BCUT2D eigenvalue weighted by atomic mass is 32.2. The van der Waals surface area contributed by atoms with E-state index in [-0.39, 0.29) is 11.7 Å². The second kappa shape index (κ2) is 8.95. The molecule has 0 spiro atoms. The summed E-state index contributed by atoms with van der Waals surface area (Å²) in [6.07, 6.45) is 1.64. The molecule has 3 rings (SSSR count). The average Bonchev–Trinajstić information content (AvgIpc) is 3.39. The van der Waals surface area contributed by atoms with Gasteiger partial charge in [0.15, 0.2) is 0 Å². The zero-order valence-electron chi connectivity index (χ0n) is 14.6. The summed E-state index contributed by atoms with van der Waals surface area (Å²) in [6, 6.07) is 3.86. The number of rotatable bonds is 9. The molecule has 3 aromatic rings. The van der Waals surface area contributed by atoms with E-state index in [0.717, 1.165) is 23.5 Å². The van der Waals surface area contributed by atoms with E-state index in [1.54, 1.807) is 4.90 Å². The lowest BCUT2D eigenvalue weighted by Gasteiger charge is -2.19. The van der Waals surface area contributed by atoms with E-state index in [1.165, 1.54) is 23.1 Å². The monoisotopic (exact) mass is 392 g/mol. The van der Waals surface area contributed by atoms with Crippen molar-refractivity contribution in [2.75, 3.05) is 12.3 Å². The van der Waals surface area contributed by atoms with Gasteiger partial charge in [-0.3, -0.25) is 9.89 Å². The van der Waals surface area contributed by atoms with Gasteiger partial charge >= 0.3 is 0 Å². The summed E-state index contributed by atoms with van der Waals surface area (Å²) in [5.74, 6) is 2.01. The lowest BCUT2D eigenvalue weighted by atomic mass is 10.4. The smallest absolute Gasteiger partial charge is 0.257 e. The van der Waals surface area contributed by atoms with Gasteiger partial charge in [0.05, 0.1) is 17.2 Å². The van der Waals surface area contributed by atoms with E-state index in [0.29, 0.717) is 30.0 Å². The number of hydrogen-bond donors (Lipinski definition) is 1. The molecule has 1 N–H and O–H groups in total. The Hall–Kier alpha value is -2.20. The Labute approximate surface area is 159 Å². The summed E-state index contributed by atoms with van der Waals surface area (Å²) in [5.41, 5.74) is 0. The van der Waals surface area contributed by atoms with Gasteiger partial charge in [-0.15, -0.1) is 26.6 Å². The van der Waals surface area contributed by atoms with Crippen LogP contribution in [0.3, 0.4) is 0 Å². The number of aromatic nitrogens is 5. The molecular weight excluding hydrogens is 372 g/mol. The van der Waals surface area contributed by atoms with E-state index < -0.39 is 0 Å². The molecule has 0 saturated heterocycles. The van der Waals surface area contributed by atoms with Crippen LogP contribution in [-0.4, -0.2) is 48.5 Å². The maximum absolute atomic E-state index is 12.6. The number of hydrogen-bond acceptors (Lipinski definition) is 8. The van der Waals surface area contributed by atoms with E-state index in [4.69, 9.17) is 4.42 Å². The van der Waals surface area contributed by atoms with E-state index in [1.807, 2.05) is 31.4 Å². The first kappa shape index (κ1) is 18.6. The molecule has 0 aliphatic heterocycles. The van der Waals surface area contributed by atoms with Crippen molar-refractivity contribution in [1.29, 1.82) is 0 Å². The number of nitrogens with one attached hydrogen (secondary N) is 1. The van der Waals surface area contributed by atoms with E-state index in [9.17, 15) is 4.79 Å². The minimum atomic E-state index is -0.00410. The largest absolute Gasteiger partial charge is 0.418 e. The molecule has 26 heavy (non-hydrogen) atoms. The van der Waals surface area contributed by atoms with Crippen LogP contribution in [0.25, 0.3) is 10.8 Å². The maximum Gasteiger partial charge on any atom is 0.257 e. The molecule has 0 aliphatic rings. The van der Waals surface area contributed by atoms with Crippen molar-refractivity contribution >= 4 is 29.0 Å². The third-order valence-corrected chi connectivity index (χ3v) is 5.23. The molecule has 3 heterocycles. The fourth-order valence-electron chi connectivity index (χ4n) is 2.26. The highest BCUT2D eigenvalue weighted by molar-refractivity contribution is 7.99. The van der Waals surface area contributed by atoms with Crippen LogP contribution in [0.2, 0.25) is 0 Å². The highest BCUT2D eigenvalue weighted by Gasteiger charge is 2.18. The molecule has 0 unspecified atom stereocenters. The Kier molecular flexibility index (Phi) is 6.40. The van der Waals surface area contributed by atoms with Gasteiger partial charge in [-0.25, -0.2) is 4.98 Å². The summed E-state index contributed by atoms with van der Waals surface area (Å²) in [4.78, 5) is 19.5. The lowest BCUT2D eigenvalue weighted by molar-refractivity contribution is -0.129. The third-order valence-electron chi connectivity index (χ3n) is 3.54. The number of amides is 1. The third kappa shape index (κ3) is 4.70. The Bertz CT molecular complexity index is 830. The van der Waals surface area contributed by atoms with Crippen LogP contribution < -0.4 is 0 Å². The molecule has 0 aromatic carbocycles. The van der Waals surface area contributed by atoms with Gasteiger partial charge in [-0.2, -0.15) is 0 Å². The predicted molar refractivity (Wildman–Crippen MR) is 99.8 cm³/mol. The van der Waals surface area contributed by atoms with Crippen molar-refractivity contribution in [3.63, 3.8) is 0 Å². The Morgan fingerprint density at radius 3 is 2.96 bits per heavy atom. The number of carbonyl (C=O) groups excluding carboxylic acids is 1. The van der Waals surface area contributed by atoms with Crippen LogP contribution in [0.4, 0.5) is 0 Å². The van der Waals surface area contributed by atoms with E-state index in [2.05, 4.69) is 25.4 Å². The molecule has 0 saturated carbocycles. The minimum absolute atomic E-state index is 0.00410. The summed E-state index contributed by atoms with van der Waals surface area (Å²) in [5, 5.41) is 17.6. The Morgan fingerprint density at radius 1 is 1.38 bits per heavy atom. The van der Waals surface area contributed by atoms with Crippen LogP contribution in [-0.2, 0) is 17.8 Å². The zero-order chi connectivity index (χ0) is 18.4. The fraction of sp³-hybridized carbons (Fsp3) is 0.438. The quantitative estimate of drug-likeness (QED) is 0.559. The highest BCUT2D eigenvalue weighted by Crippen LogP contribution is 2.23. The molecule has 0 atom stereocenters. The second-order valence-electron chi connectivity index (χ2n) is 5.50. The predicted octanol–water partition coefficient (Wildman–Crippen LogP) is 3.01. The first-order chi connectivity index (χ1) is 12.7. The van der Waals surface area contributed by atoms with Gasteiger partial charge in [-0.05, 0) is 17.9 Å². The number of carbonyl (C=O) groups is 1. The molecule has 8 nitrogen and oxygen atoms in total. The van der Waals surface area contributed by atoms with Gasteiger partial charge < -0.3 is 9.32 Å². The van der Waals surface area contributed by atoms with Gasteiger partial charge in [0, 0.05) is 13.0 Å². The maximum atomic E-state index is 12.6. The molecule has 10 heteroatoms. The van der Waals surface area contributed by atoms with Crippen LogP contribution >= 0.6 is 23.1 Å². The van der Waals surface area contributed by atoms with Gasteiger partial charge in [-0.1, -0.05) is 31.7 Å². The van der Waals surface area contributed by atoms with Crippen LogP contribution in [0.15, 0.2) is 27.1 Å². The average molecular weight is 393 g/mol. The number of thiophene rings is 1. The summed E-state index contributed by atoms with van der Waals surface area (Å²) in [7, 11) is 0. The summed E-state index contributed by atoms with van der Waals surface area (Å²) >= 11 is 2.86. The van der Waals surface area contributed by atoms with Crippen molar-refractivity contribution in [2.24, 2.45) is 0 Å². The number of aryl methyl sites for hydroxylation is 1. The normalized spacial score (nSPS) is 11.0. The molecule has 1 amide bonds. The first-order valence-electron chi connectivity index (χ1n) is 8.37. The second-order valence-corrected chi connectivity index (χ2v) is 7.39. The van der Waals surface area contributed by atoms with Crippen molar-refractivity contribution in [3.8, 4) is 10.8 Å². The Morgan fingerprint density at radius 2 is 2.27 bits per heavy atom. The number of nitrogens with zero attached hydrogens (tertiary/aromatic N) is 5. The standard InChI is InChI=1S/C16H20N6O2S2/c1-3-7-22(14(23)10-26-16-17-12(4-2)18-21-16)9-13-19-20-15(24-13)11-6-5-8-25-11/h5-6,8H,3-4,7,9-10H2,1-2H3,(H,17,18,21). The fourth-order valence-corrected chi connectivity index (χ4v) is 3.62. The topological polar surface area (TPSA) is 101 Å². The van der Waals surface area contributed by atoms with Crippen LogP contribution in [0.1, 0.15) is 32.0 Å². The molecule has 3 aromatic heterocycles. The zero-order valence-corrected chi connectivity index (χ0v) is 16.3. The number of H-pyrrole nitrogens is 1. The van der Waals surface area contributed by atoms with Crippen LogP contribution in [0, 0.1) is 0 Å². The van der Waals surface area contributed by atoms with Gasteiger partial charge in [0.2, 0.25) is 17.0 Å². The minimum Gasteiger partial charge on any atom is -0.418 e. The number of thioether (sulfide) groups is 1.